The van der Waals surface area contributed by atoms with Gasteiger partial charge in [-0.25, -0.2) is 4.79 Å². The Morgan fingerprint density at radius 3 is 2.26 bits per heavy atom. The molecular weight excluding hydrogens is 490 g/mol. The largest absolute Gasteiger partial charge is 0.487 e. The minimum absolute atomic E-state index is 0.238. The average molecular weight is 532 g/mol. The predicted octanol–water partition coefficient (Wildman–Crippen LogP) is 6.91. The fourth-order valence-electron chi connectivity index (χ4n) is 4.85. The molecule has 1 aliphatic heterocycles. The monoisotopic (exact) mass is 531 g/mol. The summed E-state index contributed by atoms with van der Waals surface area (Å²) in [4.78, 5) is 24.2. The topological polar surface area (TPSA) is 84.8 Å². The zero-order chi connectivity index (χ0) is 28.4. The Labute approximate surface area is 232 Å². The summed E-state index contributed by atoms with van der Waals surface area (Å²) >= 11 is 0. The van der Waals surface area contributed by atoms with Crippen LogP contribution in [0.5, 0.6) is 5.75 Å². The van der Waals surface area contributed by atoms with E-state index in [-0.39, 0.29) is 5.41 Å². The van der Waals surface area contributed by atoms with E-state index in [2.05, 4.69) is 54.9 Å². The molecule has 0 radical (unpaired) electrons. The second-order valence-corrected chi connectivity index (χ2v) is 12.3. The van der Waals surface area contributed by atoms with Crippen molar-refractivity contribution < 1.29 is 19.4 Å². The fraction of sp³-hybridized carbons (Fsp3) is 0.469. The number of pyridine rings is 2. The molecule has 1 N–H and O–H groups in total. The molecule has 4 rings (SSSR count). The highest BCUT2D eigenvalue weighted by Gasteiger charge is 2.36. The molecule has 1 aliphatic rings. The van der Waals surface area contributed by atoms with Gasteiger partial charge in [-0.2, -0.15) is 0 Å². The standard InChI is InChI=1S/C32H41N3O4/c1-21-8-10-23(11-9-21)20-38-24-12-13-26(34-18-24)25-19-33-22(2)27(29(30(36)37)39-31(3,4)5)28(25)35-16-14-32(6,7)15-17-35/h8-13,18-19,29H,14-17,20H2,1-7H3,(H,36,37)/t29-/m0/s1. The second kappa shape index (κ2) is 11.3. The van der Waals surface area contributed by atoms with Crippen molar-refractivity contribution in [2.75, 3.05) is 18.0 Å². The lowest BCUT2D eigenvalue weighted by molar-refractivity contribution is -0.160. The third kappa shape index (κ3) is 7.15. The maximum absolute atomic E-state index is 12.6. The van der Waals surface area contributed by atoms with E-state index in [4.69, 9.17) is 14.5 Å². The second-order valence-electron chi connectivity index (χ2n) is 12.3. The smallest absolute Gasteiger partial charge is 0.337 e. The van der Waals surface area contributed by atoms with Crippen molar-refractivity contribution in [1.29, 1.82) is 0 Å². The van der Waals surface area contributed by atoms with Crippen LogP contribution in [-0.4, -0.2) is 39.7 Å². The quantitative estimate of drug-likeness (QED) is 0.338. The van der Waals surface area contributed by atoms with Crippen LogP contribution in [0, 0.1) is 19.3 Å². The van der Waals surface area contributed by atoms with Crippen molar-refractivity contribution >= 4 is 11.7 Å². The van der Waals surface area contributed by atoms with Gasteiger partial charge >= 0.3 is 5.97 Å². The highest BCUT2D eigenvalue weighted by Crippen LogP contribution is 2.43. The molecule has 2 aromatic heterocycles. The molecule has 0 spiro atoms. The number of hydrogen-bond acceptors (Lipinski definition) is 6. The van der Waals surface area contributed by atoms with Crippen LogP contribution in [0.3, 0.4) is 0 Å². The van der Waals surface area contributed by atoms with E-state index in [1.54, 1.807) is 12.4 Å². The van der Waals surface area contributed by atoms with Gasteiger partial charge in [0.1, 0.15) is 12.4 Å². The molecule has 3 heterocycles. The van der Waals surface area contributed by atoms with Crippen LogP contribution in [0.1, 0.15) is 75.9 Å². The average Bonchev–Trinajstić information content (AvgIpc) is 2.87. The van der Waals surface area contributed by atoms with Gasteiger partial charge in [0.25, 0.3) is 0 Å². The predicted molar refractivity (Wildman–Crippen MR) is 154 cm³/mol. The lowest BCUT2D eigenvalue weighted by atomic mass is 9.82. The number of anilines is 1. The number of hydrogen-bond donors (Lipinski definition) is 1. The third-order valence-electron chi connectivity index (χ3n) is 7.22. The third-order valence-corrected chi connectivity index (χ3v) is 7.22. The molecular formula is C32H41N3O4. The van der Waals surface area contributed by atoms with Crippen molar-refractivity contribution in [1.82, 2.24) is 9.97 Å². The van der Waals surface area contributed by atoms with E-state index in [9.17, 15) is 9.90 Å². The van der Waals surface area contributed by atoms with Crippen LogP contribution in [0.4, 0.5) is 5.69 Å². The van der Waals surface area contributed by atoms with Crippen molar-refractivity contribution in [2.45, 2.75) is 79.6 Å². The molecule has 208 valence electrons. The van der Waals surface area contributed by atoms with E-state index in [0.29, 0.717) is 29.3 Å². The summed E-state index contributed by atoms with van der Waals surface area (Å²) in [6.45, 7) is 16.2. The SMILES string of the molecule is Cc1ccc(COc2ccc(-c3cnc(C)c([C@H](OC(C)(C)C)C(=O)O)c3N3CCC(C)(C)CC3)nc2)cc1. The maximum atomic E-state index is 12.6. The molecule has 1 atom stereocenters. The van der Waals surface area contributed by atoms with Crippen molar-refractivity contribution in [3.05, 3.63) is 71.2 Å². The normalized spacial score (nSPS) is 16.1. The van der Waals surface area contributed by atoms with Crippen LogP contribution in [0.15, 0.2) is 48.8 Å². The molecule has 1 fully saturated rings. The summed E-state index contributed by atoms with van der Waals surface area (Å²) < 4.78 is 12.1. The van der Waals surface area contributed by atoms with Gasteiger partial charge in [-0.3, -0.25) is 9.97 Å². The summed E-state index contributed by atoms with van der Waals surface area (Å²) in [5.41, 5.74) is 5.48. The molecule has 0 amide bonds. The van der Waals surface area contributed by atoms with E-state index >= 15 is 0 Å². The lowest BCUT2D eigenvalue weighted by Crippen LogP contribution is -2.39. The highest BCUT2D eigenvalue weighted by atomic mass is 16.5. The number of nitrogens with zero attached hydrogens (tertiary/aromatic N) is 3. The van der Waals surface area contributed by atoms with Crippen LogP contribution in [0.25, 0.3) is 11.3 Å². The Kier molecular flexibility index (Phi) is 8.31. The molecule has 0 saturated carbocycles. The number of aliphatic carboxylic acids is 1. The van der Waals surface area contributed by atoms with E-state index < -0.39 is 17.7 Å². The number of benzene rings is 1. The van der Waals surface area contributed by atoms with Gasteiger partial charge in [0, 0.05) is 36.1 Å². The number of aryl methyl sites for hydroxylation is 2. The van der Waals surface area contributed by atoms with Crippen molar-refractivity contribution in [2.24, 2.45) is 5.41 Å². The van der Waals surface area contributed by atoms with Gasteiger partial charge in [-0.15, -0.1) is 0 Å². The summed E-state index contributed by atoms with van der Waals surface area (Å²) in [6, 6.07) is 12.1. The van der Waals surface area contributed by atoms with Gasteiger partial charge in [-0.1, -0.05) is 43.7 Å². The Morgan fingerprint density at radius 1 is 1.03 bits per heavy atom. The molecule has 3 aromatic rings. The summed E-state index contributed by atoms with van der Waals surface area (Å²) in [5.74, 6) is -0.362. The first-order chi connectivity index (χ1) is 18.3. The molecule has 1 aromatic carbocycles. The Hall–Kier alpha value is -3.45. The number of aromatic nitrogens is 2. The first kappa shape index (κ1) is 28.6. The van der Waals surface area contributed by atoms with Gasteiger partial charge in [0.15, 0.2) is 6.10 Å². The van der Waals surface area contributed by atoms with E-state index in [1.165, 1.54) is 5.56 Å². The first-order valence-electron chi connectivity index (χ1n) is 13.6. The van der Waals surface area contributed by atoms with Gasteiger partial charge in [0.05, 0.1) is 23.2 Å². The molecule has 0 unspecified atom stereocenters. The molecule has 39 heavy (non-hydrogen) atoms. The first-order valence-corrected chi connectivity index (χ1v) is 13.6. The van der Waals surface area contributed by atoms with E-state index in [0.717, 1.165) is 42.7 Å². The minimum atomic E-state index is -1.15. The Bertz CT molecular complexity index is 1280. The number of carboxylic acids is 1. The minimum Gasteiger partial charge on any atom is -0.487 e. The molecule has 7 nitrogen and oxygen atoms in total. The Morgan fingerprint density at radius 2 is 1.69 bits per heavy atom. The maximum Gasteiger partial charge on any atom is 0.337 e. The molecule has 0 aliphatic carbocycles. The molecule has 7 heteroatoms. The van der Waals surface area contributed by atoms with E-state index in [1.807, 2.05) is 39.8 Å². The van der Waals surface area contributed by atoms with Crippen LogP contribution >= 0.6 is 0 Å². The zero-order valence-electron chi connectivity index (χ0n) is 24.2. The number of carboxylic acid groups (broad SMARTS) is 1. The number of rotatable bonds is 8. The summed E-state index contributed by atoms with van der Waals surface area (Å²) in [5, 5.41) is 10.3. The highest BCUT2D eigenvalue weighted by molar-refractivity contribution is 5.85. The molecule has 0 bridgehead atoms. The summed E-state index contributed by atoms with van der Waals surface area (Å²) in [6.07, 6.45) is 4.37. The lowest BCUT2D eigenvalue weighted by Gasteiger charge is -2.40. The van der Waals surface area contributed by atoms with Gasteiger partial charge in [-0.05, 0) is 70.6 Å². The Balaban J connectivity index is 1.72. The van der Waals surface area contributed by atoms with Crippen molar-refractivity contribution in [3.63, 3.8) is 0 Å². The van der Waals surface area contributed by atoms with Gasteiger partial charge in [0.2, 0.25) is 0 Å². The van der Waals surface area contributed by atoms with Crippen LogP contribution < -0.4 is 9.64 Å². The van der Waals surface area contributed by atoms with Gasteiger partial charge < -0.3 is 19.5 Å². The fourth-order valence-corrected chi connectivity index (χ4v) is 4.85. The summed E-state index contributed by atoms with van der Waals surface area (Å²) in [7, 11) is 0. The number of carbonyl (C=O) groups is 1. The zero-order valence-corrected chi connectivity index (χ0v) is 24.2. The van der Waals surface area contributed by atoms with Crippen LogP contribution in [0.2, 0.25) is 0 Å². The number of piperidine rings is 1. The molecule has 1 saturated heterocycles. The van der Waals surface area contributed by atoms with Crippen molar-refractivity contribution in [3.8, 4) is 17.0 Å². The van der Waals surface area contributed by atoms with Crippen LogP contribution in [-0.2, 0) is 16.1 Å². The number of ether oxygens (including phenoxy) is 2.